The standard InChI is InChI=1S/C14H17N3O3S/c1-3-20-14-8-13(16-10-17-14)15-9-11-4-6-12(7-5-11)21(2,18)19/h4-8,10H,3,9H2,1-2H3,(H,15,16,17). The quantitative estimate of drug-likeness (QED) is 0.877. The highest BCUT2D eigenvalue weighted by atomic mass is 32.2. The molecule has 0 aliphatic rings. The number of nitrogens with one attached hydrogen (secondary N) is 1. The van der Waals surface area contributed by atoms with Crippen LogP contribution in [-0.2, 0) is 16.4 Å². The van der Waals surface area contributed by atoms with Crippen LogP contribution in [0.25, 0.3) is 0 Å². The van der Waals surface area contributed by atoms with E-state index in [0.717, 1.165) is 5.56 Å². The van der Waals surface area contributed by atoms with Crippen LogP contribution < -0.4 is 10.1 Å². The number of hydrogen-bond donors (Lipinski definition) is 1. The number of nitrogens with zero attached hydrogens (tertiary/aromatic N) is 2. The fraction of sp³-hybridized carbons (Fsp3) is 0.286. The summed E-state index contributed by atoms with van der Waals surface area (Å²) in [6, 6.07) is 8.45. The zero-order valence-electron chi connectivity index (χ0n) is 11.9. The van der Waals surface area contributed by atoms with Gasteiger partial charge >= 0.3 is 0 Å². The summed E-state index contributed by atoms with van der Waals surface area (Å²) in [6.07, 6.45) is 2.62. The molecule has 0 bridgehead atoms. The minimum atomic E-state index is -3.16. The van der Waals surface area contributed by atoms with Crippen molar-refractivity contribution in [2.24, 2.45) is 0 Å². The van der Waals surface area contributed by atoms with Gasteiger partial charge in [0.25, 0.3) is 0 Å². The first kappa shape index (κ1) is 15.2. The number of hydrogen-bond acceptors (Lipinski definition) is 6. The summed E-state index contributed by atoms with van der Waals surface area (Å²) in [5, 5.41) is 3.14. The summed E-state index contributed by atoms with van der Waals surface area (Å²) in [6.45, 7) is 2.97. The van der Waals surface area contributed by atoms with Gasteiger partial charge in [-0.25, -0.2) is 18.4 Å². The molecule has 0 amide bonds. The first-order chi connectivity index (χ1) is 9.99. The highest BCUT2D eigenvalue weighted by Gasteiger charge is 2.06. The van der Waals surface area contributed by atoms with Crippen LogP contribution in [0, 0.1) is 0 Å². The smallest absolute Gasteiger partial charge is 0.218 e. The molecular formula is C14H17N3O3S. The number of rotatable bonds is 6. The summed E-state index contributed by atoms with van der Waals surface area (Å²) in [5.74, 6) is 1.17. The van der Waals surface area contributed by atoms with Crippen molar-refractivity contribution in [1.82, 2.24) is 9.97 Å². The molecule has 112 valence electrons. The van der Waals surface area contributed by atoms with E-state index in [-0.39, 0.29) is 0 Å². The molecule has 21 heavy (non-hydrogen) atoms. The van der Waals surface area contributed by atoms with Crippen molar-refractivity contribution in [3.8, 4) is 5.88 Å². The molecule has 1 aromatic heterocycles. The van der Waals surface area contributed by atoms with Crippen molar-refractivity contribution in [2.45, 2.75) is 18.4 Å². The maximum Gasteiger partial charge on any atom is 0.218 e. The van der Waals surface area contributed by atoms with Crippen molar-refractivity contribution in [2.75, 3.05) is 18.2 Å². The summed E-state index contributed by atoms with van der Waals surface area (Å²) < 4.78 is 28.0. The lowest BCUT2D eigenvalue weighted by molar-refractivity contribution is 0.326. The minimum Gasteiger partial charge on any atom is -0.478 e. The van der Waals surface area contributed by atoms with E-state index in [1.54, 1.807) is 30.3 Å². The van der Waals surface area contributed by atoms with Crippen LogP contribution in [0.2, 0.25) is 0 Å². The zero-order chi connectivity index (χ0) is 15.3. The van der Waals surface area contributed by atoms with Crippen molar-refractivity contribution < 1.29 is 13.2 Å². The van der Waals surface area contributed by atoms with Crippen LogP contribution in [0.1, 0.15) is 12.5 Å². The molecule has 0 spiro atoms. The Bertz CT molecular complexity index is 700. The molecule has 0 aliphatic carbocycles. The molecule has 0 radical (unpaired) electrons. The van der Waals surface area contributed by atoms with Crippen LogP contribution >= 0.6 is 0 Å². The number of sulfone groups is 1. The fourth-order valence-electron chi connectivity index (χ4n) is 1.71. The molecule has 0 unspecified atom stereocenters. The van der Waals surface area contributed by atoms with Gasteiger partial charge in [-0.15, -0.1) is 0 Å². The van der Waals surface area contributed by atoms with E-state index in [2.05, 4.69) is 15.3 Å². The molecule has 2 aromatic rings. The lowest BCUT2D eigenvalue weighted by Crippen LogP contribution is -2.04. The summed E-state index contributed by atoms with van der Waals surface area (Å²) >= 11 is 0. The number of aromatic nitrogens is 2. The van der Waals surface area contributed by atoms with Crippen molar-refractivity contribution in [1.29, 1.82) is 0 Å². The maximum atomic E-state index is 11.4. The molecule has 0 fully saturated rings. The van der Waals surface area contributed by atoms with Crippen molar-refractivity contribution in [3.63, 3.8) is 0 Å². The molecule has 0 saturated carbocycles. The Morgan fingerprint density at radius 3 is 2.52 bits per heavy atom. The highest BCUT2D eigenvalue weighted by Crippen LogP contribution is 2.14. The second-order valence-corrected chi connectivity index (χ2v) is 6.46. The van der Waals surface area contributed by atoms with Gasteiger partial charge in [0, 0.05) is 18.9 Å². The molecule has 2 rings (SSSR count). The van der Waals surface area contributed by atoms with Crippen LogP contribution in [0.5, 0.6) is 5.88 Å². The molecule has 0 aliphatic heterocycles. The van der Waals surface area contributed by atoms with E-state index >= 15 is 0 Å². The SMILES string of the molecule is CCOc1cc(NCc2ccc(S(C)(=O)=O)cc2)ncn1. The second-order valence-electron chi connectivity index (χ2n) is 4.44. The van der Waals surface area contributed by atoms with E-state index in [0.29, 0.717) is 29.7 Å². The Morgan fingerprint density at radius 1 is 1.19 bits per heavy atom. The Balaban J connectivity index is 2.01. The first-order valence-corrected chi connectivity index (χ1v) is 8.36. The van der Waals surface area contributed by atoms with Gasteiger partial charge in [-0.3, -0.25) is 0 Å². The first-order valence-electron chi connectivity index (χ1n) is 6.47. The third kappa shape index (κ3) is 4.42. The Labute approximate surface area is 124 Å². The monoisotopic (exact) mass is 307 g/mol. The normalized spacial score (nSPS) is 11.1. The third-order valence-corrected chi connectivity index (χ3v) is 3.89. The van der Waals surface area contributed by atoms with E-state index < -0.39 is 9.84 Å². The lowest BCUT2D eigenvalue weighted by atomic mass is 10.2. The van der Waals surface area contributed by atoms with E-state index in [1.165, 1.54) is 12.6 Å². The molecule has 7 heteroatoms. The van der Waals surface area contributed by atoms with Gasteiger partial charge in [0.2, 0.25) is 5.88 Å². The van der Waals surface area contributed by atoms with Gasteiger partial charge in [0.05, 0.1) is 11.5 Å². The average molecular weight is 307 g/mol. The largest absolute Gasteiger partial charge is 0.478 e. The molecule has 6 nitrogen and oxygen atoms in total. The number of anilines is 1. The minimum absolute atomic E-state index is 0.312. The van der Waals surface area contributed by atoms with E-state index in [4.69, 9.17) is 4.74 Å². The lowest BCUT2D eigenvalue weighted by Gasteiger charge is -2.07. The molecular weight excluding hydrogens is 290 g/mol. The van der Waals surface area contributed by atoms with E-state index in [1.807, 2.05) is 6.92 Å². The van der Waals surface area contributed by atoms with Crippen LogP contribution in [0.3, 0.4) is 0 Å². The summed E-state index contributed by atoms with van der Waals surface area (Å²) in [5.41, 5.74) is 0.957. The zero-order valence-corrected chi connectivity index (χ0v) is 12.7. The predicted molar refractivity (Wildman–Crippen MR) is 80.1 cm³/mol. The number of ether oxygens (including phenoxy) is 1. The molecule has 1 aromatic carbocycles. The maximum absolute atomic E-state index is 11.4. The third-order valence-electron chi connectivity index (χ3n) is 2.76. The topological polar surface area (TPSA) is 81.2 Å². The highest BCUT2D eigenvalue weighted by molar-refractivity contribution is 7.90. The van der Waals surface area contributed by atoms with Gasteiger partial charge < -0.3 is 10.1 Å². The molecule has 0 atom stereocenters. The van der Waals surface area contributed by atoms with Gasteiger partial charge in [-0.1, -0.05) is 12.1 Å². The Hall–Kier alpha value is -2.15. The Morgan fingerprint density at radius 2 is 1.90 bits per heavy atom. The predicted octanol–water partition coefficient (Wildman–Crippen LogP) is 1.89. The van der Waals surface area contributed by atoms with Gasteiger partial charge in [0.1, 0.15) is 12.1 Å². The van der Waals surface area contributed by atoms with E-state index in [9.17, 15) is 8.42 Å². The van der Waals surface area contributed by atoms with Gasteiger partial charge in [-0.05, 0) is 24.6 Å². The van der Waals surface area contributed by atoms with Crippen molar-refractivity contribution in [3.05, 3.63) is 42.2 Å². The average Bonchev–Trinajstić information content (AvgIpc) is 2.45. The fourth-order valence-corrected chi connectivity index (χ4v) is 2.34. The molecule has 1 heterocycles. The summed E-state index contributed by atoms with van der Waals surface area (Å²) in [7, 11) is -3.16. The molecule has 0 saturated heterocycles. The molecule has 1 N–H and O–H groups in total. The Kier molecular flexibility index (Phi) is 4.74. The van der Waals surface area contributed by atoms with Gasteiger partial charge in [-0.2, -0.15) is 0 Å². The van der Waals surface area contributed by atoms with Crippen LogP contribution in [-0.4, -0.2) is 31.2 Å². The van der Waals surface area contributed by atoms with Gasteiger partial charge in [0.15, 0.2) is 9.84 Å². The second kappa shape index (κ2) is 6.53. The summed E-state index contributed by atoms with van der Waals surface area (Å²) in [4.78, 5) is 8.39. The van der Waals surface area contributed by atoms with Crippen LogP contribution in [0.4, 0.5) is 5.82 Å². The number of benzene rings is 1. The van der Waals surface area contributed by atoms with Crippen LogP contribution in [0.15, 0.2) is 41.6 Å². The van der Waals surface area contributed by atoms with Crippen molar-refractivity contribution >= 4 is 15.7 Å².